The first-order valence-corrected chi connectivity index (χ1v) is 5.34. The molecule has 0 aliphatic carbocycles. The molecule has 17 heavy (non-hydrogen) atoms. The van der Waals surface area contributed by atoms with Gasteiger partial charge in [0, 0.05) is 12.6 Å². The van der Waals surface area contributed by atoms with E-state index in [1.165, 1.54) is 10.2 Å². The van der Waals surface area contributed by atoms with Crippen molar-refractivity contribution in [1.82, 2.24) is 9.78 Å². The predicted octanol–water partition coefficient (Wildman–Crippen LogP) is 2.40. The van der Waals surface area contributed by atoms with Crippen molar-refractivity contribution in [2.45, 2.75) is 13.8 Å². The number of carboxylic acid groups (broad SMARTS) is 1. The lowest BCUT2D eigenvalue weighted by molar-refractivity contribution is 0.0685. The summed E-state index contributed by atoms with van der Waals surface area (Å²) in [5.41, 5.74) is 4.14. The average molecular weight is 230 g/mol. The van der Waals surface area contributed by atoms with Gasteiger partial charge in [0.1, 0.15) is 5.69 Å². The van der Waals surface area contributed by atoms with Gasteiger partial charge in [-0.25, -0.2) is 4.79 Å². The van der Waals surface area contributed by atoms with Crippen molar-refractivity contribution < 1.29 is 9.90 Å². The predicted molar refractivity (Wildman–Crippen MR) is 65.1 cm³/mol. The highest BCUT2D eigenvalue weighted by atomic mass is 16.4. The fourth-order valence-electron chi connectivity index (χ4n) is 1.90. The minimum Gasteiger partial charge on any atom is -0.477 e. The first-order chi connectivity index (χ1) is 7.99. The van der Waals surface area contributed by atoms with Crippen LogP contribution in [0.25, 0.3) is 11.3 Å². The van der Waals surface area contributed by atoms with Gasteiger partial charge in [-0.1, -0.05) is 23.8 Å². The van der Waals surface area contributed by atoms with Crippen LogP contribution in [0.2, 0.25) is 0 Å². The van der Waals surface area contributed by atoms with E-state index in [1.807, 2.05) is 26.0 Å². The molecule has 2 aromatic rings. The second-order valence-electron chi connectivity index (χ2n) is 4.16. The first kappa shape index (κ1) is 11.4. The topological polar surface area (TPSA) is 55.1 Å². The highest BCUT2D eigenvalue weighted by molar-refractivity contribution is 5.87. The molecule has 0 spiro atoms. The zero-order chi connectivity index (χ0) is 12.6. The van der Waals surface area contributed by atoms with E-state index in [0.717, 1.165) is 11.1 Å². The highest BCUT2D eigenvalue weighted by Gasteiger charge is 2.13. The van der Waals surface area contributed by atoms with Gasteiger partial charge in [0.25, 0.3) is 0 Å². The molecule has 0 aliphatic heterocycles. The van der Waals surface area contributed by atoms with E-state index in [0.29, 0.717) is 5.69 Å². The van der Waals surface area contributed by atoms with Gasteiger partial charge in [0.05, 0.1) is 5.69 Å². The smallest absolute Gasteiger partial charge is 0.354 e. The summed E-state index contributed by atoms with van der Waals surface area (Å²) in [6.07, 6.45) is 0. The number of nitrogens with zero attached hydrogens (tertiary/aromatic N) is 2. The number of carboxylic acids is 1. The molecule has 0 saturated carbocycles. The maximum atomic E-state index is 10.9. The molecule has 0 unspecified atom stereocenters. The molecule has 88 valence electrons. The number of hydrogen-bond acceptors (Lipinski definition) is 2. The molecular weight excluding hydrogens is 216 g/mol. The van der Waals surface area contributed by atoms with Crippen LogP contribution in [0.5, 0.6) is 0 Å². The van der Waals surface area contributed by atoms with Crippen molar-refractivity contribution >= 4 is 5.97 Å². The van der Waals surface area contributed by atoms with Crippen molar-refractivity contribution in [3.8, 4) is 11.3 Å². The van der Waals surface area contributed by atoms with E-state index in [2.05, 4.69) is 11.2 Å². The van der Waals surface area contributed by atoms with Gasteiger partial charge < -0.3 is 5.11 Å². The summed E-state index contributed by atoms with van der Waals surface area (Å²) >= 11 is 0. The number of benzene rings is 1. The Labute approximate surface area is 99.5 Å². The Morgan fingerprint density at radius 1 is 1.29 bits per heavy atom. The fourth-order valence-corrected chi connectivity index (χ4v) is 1.90. The normalized spacial score (nSPS) is 10.5. The summed E-state index contributed by atoms with van der Waals surface area (Å²) < 4.78 is 1.39. The van der Waals surface area contributed by atoms with Crippen molar-refractivity contribution in [3.05, 3.63) is 41.1 Å². The van der Waals surface area contributed by atoms with Gasteiger partial charge in [0.15, 0.2) is 0 Å². The maximum Gasteiger partial charge on any atom is 0.354 e. The van der Waals surface area contributed by atoms with Crippen LogP contribution >= 0.6 is 0 Å². The molecule has 4 heteroatoms. The molecule has 1 aromatic heterocycles. The van der Waals surface area contributed by atoms with E-state index in [9.17, 15) is 4.79 Å². The summed E-state index contributed by atoms with van der Waals surface area (Å²) in [5.74, 6) is -0.962. The number of aromatic carboxylic acids is 1. The molecule has 0 aliphatic rings. The third-order valence-electron chi connectivity index (χ3n) is 2.76. The molecular formula is C13H14N2O2. The van der Waals surface area contributed by atoms with Crippen molar-refractivity contribution in [3.63, 3.8) is 0 Å². The number of carbonyl (C=O) groups is 1. The summed E-state index contributed by atoms with van der Waals surface area (Å²) in [7, 11) is 1.64. The summed E-state index contributed by atoms with van der Waals surface area (Å²) in [6, 6.07) is 7.63. The lowest BCUT2D eigenvalue weighted by Gasteiger charge is -2.03. The van der Waals surface area contributed by atoms with Crippen molar-refractivity contribution in [2.75, 3.05) is 0 Å². The Morgan fingerprint density at radius 2 is 2.00 bits per heavy atom. The van der Waals surface area contributed by atoms with Gasteiger partial charge in [-0.3, -0.25) is 4.68 Å². The fraction of sp³-hybridized carbons (Fsp3) is 0.231. The molecule has 0 atom stereocenters. The molecule has 1 N–H and O–H groups in total. The van der Waals surface area contributed by atoms with Gasteiger partial charge in [-0.15, -0.1) is 0 Å². The van der Waals surface area contributed by atoms with E-state index in [1.54, 1.807) is 13.1 Å². The summed E-state index contributed by atoms with van der Waals surface area (Å²) in [4.78, 5) is 10.9. The third-order valence-corrected chi connectivity index (χ3v) is 2.76. The molecule has 4 nitrogen and oxygen atoms in total. The molecule has 2 rings (SSSR count). The van der Waals surface area contributed by atoms with E-state index < -0.39 is 5.97 Å². The standard InChI is InChI=1S/C13H14N2O2/c1-8-4-5-10(9(2)6-8)11-7-12(13(16)17)15(3)14-11/h4-7H,1-3H3,(H,16,17). The van der Waals surface area contributed by atoms with Crippen LogP contribution in [0.1, 0.15) is 21.6 Å². The number of aryl methyl sites for hydroxylation is 3. The molecule has 0 amide bonds. The van der Waals surface area contributed by atoms with E-state index in [-0.39, 0.29) is 5.69 Å². The lowest BCUT2D eigenvalue weighted by atomic mass is 10.0. The molecule has 1 aromatic carbocycles. The van der Waals surface area contributed by atoms with Crippen LogP contribution in [0, 0.1) is 13.8 Å². The number of aromatic nitrogens is 2. The van der Waals surface area contributed by atoms with Crippen LogP contribution in [0.4, 0.5) is 0 Å². The zero-order valence-electron chi connectivity index (χ0n) is 10.1. The molecule has 0 radical (unpaired) electrons. The van der Waals surface area contributed by atoms with Crippen LogP contribution < -0.4 is 0 Å². The van der Waals surface area contributed by atoms with Gasteiger partial charge in [0.2, 0.25) is 0 Å². The quantitative estimate of drug-likeness (QED) is 0.861. The van der Waals surface area contributed by atoms with Crippen LogP contribution in [-0.2, 0) is 7.05 Å². The Balaban J connectivity index is 2.53. The minimum atomic E-state index is -0.962. The van der Waals surface area contributed by atoms with E-state index >= 15 is 0 Å². The Kier molecular flexibility index (Phi) is 2.71. The van der Waals surface area contributed by atoms with Gasteiger partial charge in [-0.05, 0) is 25.5 Å². The summed E-state index contributed by atoms with van der Waals surface area (Å²) in [6.45, 7) is 4.02. The Hall–Kier alpha value is -2.10. The third kappa shape index (κ3) is 2.06. The Morgan fingerprint density at radius 3 is 2.53 bits per heavy atom. The SMILES string of the molecule is Cc1ccc(-c2cc(C(=O)O)n(C)n2)c(C)c1. The molecule has 0 bridgehead atoms. The van der Waals surface area contributed by atoms with E-state index in [4.69, 9.17) is 5.11 Å². The van der Waals surface area contributed by atoms with Gasteiger partial charge in [-0.2, -0.15) is 5.10 Å². The van der Waals surface area contributed by atoms with Crippen LogP contribution in [0.15, 0.2) is 24.3 Å². The molecule has 0 fully saturated rings. The zero-order valence-corrected chi connectivity index (χ0v) is 10.1. The minimum absolute atomic E-state index is 0.194. The second kappa shape index (κ2) is 4.05. The molecule has 1 heterocycles. The largest absolute Gasteiger partial charge is 0.477 e. The monoisotopic (exact) mass is 230 g/mol. The first-order valence-electron chi connectivity index (χ1n) is 5.34. The van der Waals surface area contributed by atoms with Crippen molar-refractivity contribution in [2.24, 2.45) is 7.05 Å². The lowest BCUT2D eigenvalue weighted by Crippen LogP contribution is -2.04. The van der Waals surface area contributed by atoms with Crippen LogP contribution in [0.3, 0.4) is 0 Å². The number of rotatable bonds is 2. The second-order valence-corrected chi connectivity index (χ2v) is 4.16. The number of hydrogen-bond donors (Lipinski definition) is 1. The highest BCUT2D eigenvalue weighted by Crippen LogP contribution is 2.23. The average Bonchev–Trinajstić information content (AvgIpc) is 2.60. The Bertz CT molecular complexity index is 585. The summed E-state index contributed by atoms with van der Waals surface area (Å²) in [5, 5.41) is 13.2. The van der Waals surface area contributed by atoms with Crippen molar-refractivity contribution in [1.29, 1.82) is 0 Å². The van der Waals surface area contributed by atoms with Gasteiger partial charge >= 0.3 is 5.97 Å². The van der Waals surface area contributed by atoms with Crippen LogP contribution in [-0.4, -0.2) is 20.9 Å². The molecule has 0 saturated heterocycles. The maximum absolute atomic E-state index is 10.9.